The monoisotopic (exact) mass is 339 g/mol. The minimum atomic E-state index is -0.227. The lowest BCUT2D eigenvalue weighted by molar-refractivity contribution is -0.116. The van der Waals surface area contributed by atoms with Crippen molar-refractivity contribution in [3.05, 3.63) is 53.2 Å². The van der Waals surface area contributed by atoms with E-state index in [1.165, 1.54) is 0 Å². The molecule has 6 heteroatoms. The summed E-state index contributed by atoms with van der Waals surface area (Å²) in [6, 6.07) is 9.07. The van der Waals surface area contributed by atoms with E-state index < -0.39 is 0 Å². The fraction of sp³-hybridized carbons (Fsp3) is 0.316. The van der Waals surface area contributed by atoms with E-state index in [1.807, 2.05) is 32.0 Å². The predicted octanol–water partition coefficient (Wildman–Crippen LogP) is 2.86. The molecule has 1 atom stereocenters. The zero-order valence-corrected chi connectivity index (χ0v) is 14.3. The van der Waals surface area contributed by atoms with E-state index in [9.17, 15) is 9.59 Å². The topological polar surface area (TPSA) is 80.3 Å². The number of amides is 2. The van der Waals surface area contributed by atoms with E-state index in [1.54, 1.807) is 18.3 Å². The lowest BCUT2D eigenvalue weighted by atomic mass is 9.97. The number of aryl methyl sites for hydroxylation is 1. The second-order valence-corrected chi connectivity index (χ2v) is 5.95. The van der Waals surface area contributed by atoms with Crippen LogP contribution in [-0.4, -0.2) is 23.4 Å². The third-order valence-electron chi connectivity index (χ3n) is 4.17. The van der Waals surface area contributed by atoms with Gasteiger partial charge in [0.2, 0.25) is 11.8 Å². The number of benzene rings is 1. The Hall–Kier alpha value is -2.89. The summed E-state index contributed by atoms with van der Waals surface area (Å²) in [5, 5.41) is 5.84. The van der Waals surface area contributed by atoms with Gasteiger partial charge in [-0.15, -0.1) is 0 Å². The number of nitrogens with zero attached hydrogens (tertiary/aromatic N) is 1. The quantitative estimate of drug-likeness (QED) is 0.878. The largest absolute Gasteiger partial charge is 0.477 e. The molecule has 1 aliphatic rings. The van der Waals surface area contributed by atoms with Gasteiger partial charge < -0.3 is 15.4 Å². The van der Waals surface area contributed by atoms with Gasteiger partial charge in [0, 0.05) is 18.3 Å². The Morgan fingerprint density at radius 3 is 3.00 bits per heavy atom. The van der Waals surface area contributed by atoms with Crippen LogP contribution in [0.1, 0.15) is 47.8 Å². The van der Waals surface area contributed by atoms with Gasteiger partial charge in [0.05, 0.1) is 12.6 Å². The molecule has 2 aromatic rings. The van der Waals surface area contributed by atoms with Crippen LogP contribution in [-0.2, 0) is 11.2 Å². The van der Waals surface area contributed by atoms with Gasteiger partial charge in [-0.25, -0.2) is 4.98 Å². The molecule has 3 rings (SSSR count). The van der Waals surface area contributed by atoms with Crippen molar-refractivity contribution in [2.24, 2.45) is 0 Å². The number of nitrogens with one attached hydrogen (secondary N) is 2. The zero-order valence-electron chi connectivity index (χ0n) is 14.3. The van der Waals surface area contributed by atoms with Crippen LogP contribution in [0, 0.1) is 0 Å². The van der Waals surface area contributed by atoms with Crippen molar-refractivity contribution in [1.82, 2.24) is 10.3 Å². The first kappa shape index (κ1) is 17.0. The molecule has 25 heavy (non-hydrogen) atoms. The number of carbonyl (C=O) groups excluding carboxylic acids is 2. The van der Waals surface area contributed by atoms with Crippen LogP contribution in [0.3, 0.4) is 0 Å². The van der Waals surface area contributed by atoms with Gasteiger partial charge in [0.1, 0.15) is 5.56 Å². The number of anilines is 1. The molecule has 1 aromatic carbocycles. The van der Waals surface area contributed by atoms with Crippen molar-refractivity contribution >= 4 is 17.5 Å². The molecule has 0 spiro atoms. The third kappa shape index (κ3) is 3.79. The molecule has 1 aliphatic heterocycles. The van der Waals surface area contributed by atoms with Crippen molar-refractivity contribution in [3.8, 4) is 5.88 Å². The standard InChI is InChI=1S/C19H21N3O3/c1-3-25-19-15(5-4-10-20-19)18(24)21-12(2)13-6-8-16-14(11-13)7-9-17(23)22-16/h4-6,8,10-12H,3,7,9H2,1-2H3,(H,21,24)(H,22,23)/t12-/m0/s1. The summed E-state index contributed by atoms with van der Waals surface area (Å²) in [6.07, 6.45) is 2.81. The second-order valence-electron chi connectivity index (χ2n) is 5.95. The predicted molar refractivity (Wildman–Crippen MR) is 94.7 cm³/mol. The van der Waals surface area contributed by atoms with Gasteiger partial charge in [-0.2, -0.15) is 0 Å². The average Bonchev–Trinajstić information content (AvgIpc) is 2.61. The summed E-state index contributed by atoms with van der Waals surface area (Å²) in [7, 11) is 0. The maximum atomic E-state index is 12.6. The maximum Gasteiger partial charge on any atom is 0.257 e. The molecular weight excluding hydrogens is 318 g/mol. The molecule has 2 amide bonds. The van der Waals surface area contributed by atoms with E-state index >= 15 is 0 Å². The highest BCUT2D eigenvalue weighted by Gasteiger charge is 2.19. The van der Waals surface area contributed by atoms with Gasteiger partial charge in [0.25, 0.3) is 5.91 Å². The lowest BCUT2D eigenvalue weighted by Gasteiger charge is -2.20. The molecule has 0 saturated carbocycles. The van der Waals surface area contributed by atoms with Crippen LogP contribution in [0.15, 0.2) is 36.5 Å². The van der Waals surface area contributed by atoms with Crippen LogP contribution >= 0.6 is 0 Å². The molecular formula is C19H21N3O3. The average molecular weight is 339 g/mol. The molecule has 130 valence electrons. The molecule has 0 unspecified atom stereocenters. The van der Waals surface area contributed by atoms with E-state index in [0.717, 1.165) is 16.8 Å². The summed E-state index contributed by atoms with van der Waals surface area (Å²) in [6.45, 7) is 4.23. The summed E-state index contributed by atoms with van der Waals surface area (Å²) >= 11 is 0. The number of fused-ring (bicyclic) bond motifs is 1. The second kappa shape index (κ2) is 7.34. The summed E-state index contributed by atoms with van der Waals surface area (Å²) in [4.78, 5) is 28.1. The summed E-state index contributed by atoms with van der Waals surface area (Å²) < 4.78 is 5.42. The van der Waals surface area contributed by atoms with Crippen LogP contribution in [0.2, 0.25) is 0 Å². The maximum absolute atomic E-state index is 12.6. The summed E-state index contributed by atoms with van der Waals surface area (Å²) in [5.41, 5.74) is 3.35. The van der Waals surface area contributed by atoms with Crippen molar-refractivity contribution in [2.75, 3.05) is 11.9 Å². The Kier molecular flexibility index (Phi) is 4.97. The van der Waals surface area contributed by atoms with Crippen LogP contribution < -0.4 is 15.4 Å². The third-order valence-corrected chi connectivity index (χ3v) is 4.17. The van der Waals surface area contributed by atoms with Gasteiger partial charge in [-0.1, -0.05) is 12.1 Å². The van der Waals surface area contributed by atoms with E-state index in [-0.39, 0.29) is 17.9 Å². The zero-order chi connectivity index (χ0) is 17.8. The number of rotatable bonds is 5. The Balaban J connectivity index is 1.75. The molecule has 6 nitrogen and oxygen atoms in total. The number of carbonyl (C=O) groups is 2. The van der Waals surface area contributed by atoms with Gasteiger partial charge in [-0.05, 0) is 49.6 Å². The lowest BCUT2D eigenvalue weighted by Crippen LogP contribution is -2.27. The fourth-order valence-corrected chi connectivity index (χ4v) is 2.85. The molecule has 0 radical (unpaired) electrons. The number of ether oxygens (including phenoxy) is 1. The van der Waals surface area contributed by atoms with Crippen LogP contribution in [0.5, 0.6) is 5.88 Å². The van der Waals surface area contributed by atoms with E-state index in [4.69, 9.17) is 4.74 Å². The summed E-state index contributed by atoms with van der Waals surface area (Å²) in [5.74, 6) is 0.152. The van der Waals surface area contributed by atoms with Gasteiger partial charge in [0.15, 0.2) is 0 Å². The Morgan fingerprint density at radius 2 is 2.20 bits per heavy atom. The first-order valence-corrected chi connectivity index (χ1v) is 8.40. The number of pyridine rings is 1. The first-order chi connectivity index (χ1) is 12.1. The minimum Gasteiger partial charge on any atom is -0.477 e. The van der Waals surface area contributed by atoms with Crippen LogP contribution in [0.4, 0.5) is 5.69 Å². The van der Waals surface area contributed by atoms with Crippen LogP contribution in [0.25, 0.3) is 0 Å². The molecule has 2 N–H and O–H groups in total. The van der Waals surface area contributed by atoms with Crippen molar-refractivity contribution < 1.29 is 14.3 Å². The smallest absolute Gasteiger partial charge is 0.257 e. The molecule has 0 fully saturated rings. The Labute approximate surface area is 146 Å². The molecule has 0 saturated heterocycles. The first-order valence-electron chi connectivity index (χ1n) is 8.40. The molecule has 0 bridgehead atoms. The number of aromatic nitrogens is 1. The number of hydrogen-bond acceptors (Lipinski definition) is 4. The normalized spacial score (nSPS) is 14.2. The van der Waals surface area contributed by atoms with Crippen molar-refractivity contribution in [3.63, 3.8) is 0 Å². The van der Waals surface area contributed by atoms with Crippen molar-refractivity contribution in [2.45, 2.75) is 32.7 Å². The molecule has 0 aliphatic carbocycles. The Bertz CT molecular complexity index is 804. The van der Waals surface area contributed by atoms with Crippen molar-refractivity contribution in [1.29, 1.82) is 0 Å². The SMILES string of the molecule is CCOc1ncccc1C(=O)N[C@@H](C)c1ccc2c(c1)CCC(=O)N2. The van der Waals surface area contributed by atoms with E-state index in [0.29, 0.717) is 30.9 Å². The molecule has 2 heterocycles. The fourth-order valence-electron chi connectivity index (χ4n) is 2.85. The van der Waals surface area contributed by atoms with Gasteiger partial charge in [-0.3, -0.25) is 9.59 Å². The highest BCUT2D eigenvalue weighted by Crippen LogP contribution is 2.26. The van der Waals surface area contributed by atoms with E-state index in [2.05, 4.69) is 15.6 Å². The highest BCUT2D eigenvalue weighted by molar-refractivity contribution is 5.96. The number of hydrogen-bond donors (Lipinski definition) is 2. The Morgan fingerprint density at radius 1 is 1.36 bits per heavy atom. The minimum absolute atomic E-state index is 0.0432. The van der Waals surface area contributed by atoms with Gasteiger partial charge >= 0.3 is 0 Å². The molecule has 1 aromatic heterocycles. The highest BCUT2D eigenvalue weighted by atomic mass is 16.5.